The molecule has 0 saturated carbocycles. The van der Waals surface area contributed by atoms with Crippen LogP contribution in [0.4, 0.5) is 4.79 Å². The fraction of sp³-hybridized carbons (Fsp3) is 0.455. The van der Waals surface area contributed by atoms with Crippen molar-refractivity contribution in [3.8, 4) is 0 Å². The number of rotatable bonds is 3. The van der Waals surface area contributed by atoms with E-state index in [1.54, 1.807) is 11.1 Å². The van der Waals surface area contributed by atoms with Crippen LogP contribution in [-0.4, -0.2) is 29.1 Å². The molecule has 1 aliphatic heterocycles. The first-order valence-electron chi connectivity index (χ1n) is 5.35. The van der Waals surface area contributed by atoms with Crippen LogP contribution in [-0.2, 0) is 17.8 Å². The zero-order chi connectivity index (χ0) is 11.4. The Hall–Kier alpha value is -1.62. The third-order valence-corrected chi connectivity index (χ3v) is 2.52. The van der Waals surface area contributed by atoms with Crippen molar-refractivity contribution in [2.45, 2.75) is 19.5 Å². The molecule has 1 saturated heterocycles. The summed E-state index contributed by atoms with van der Waals surface area (Å²) in [6.45, 7) is 2.26. The topological polar surface area (TPSA) is 68.4 Å². The Labute approximate surface area is 94.2 Å². The molecule has 1 aromatic rings. The van der Waals surface area contributed by atoms with Crippen molar-refractivity contribution < 1.29 is 9.53 Å². The molecule has 1 fully saturated rings. The van der Waals surface area contributed by atoms with E-state index in [4.69, 9.17) is 10.5 Å². The van der Waals surface area contributed by atoms with E-state index in [-0.39, 0.29) is 6.09 Å². The van der Waals surface area contributed by atoms with Gasteiger partial charge in [-0.15, -0.1) is 0 Å². The van der Waals surface area contributed by atoms with E-state index in [1.807, 2.05) is 12.1 Å². The Balaban J connectivity index is 1.99. The molecule has 5 heteroatoms. The van der Waals surface area contributed by atoms with Crippen LogP contribution in [0.25, 0.3) is 0 Å². The van der Waals surface area contributed by atoms with E-state index in [0.29, 0.717) is 19.7 Å². The van der Waals surface area contributed by atoms with Gasteiger partial charge >= 0.3 is 6.09 Å². The van der Waals surface area contributed by atoms with Crippen LogP contribution in [0, 0.1) is 0 Å². The summed E-state index contributed by atoms with van der Waals surface area (Å²) < 4.78 is 4.95. The predicted octanol–water partition coefficient (Wildman–Crippen LogP) is 0.883. The summed E-state index contributed by atoms with van der Waals surface area (Å²) in [4.78, 5) is 17.3. The third-order valence-electron chi connectivity index (χ3n) is 2.52. The van der Waals surface area contributed by atoms with Gasteiger partial charge in [-0.1, -0.05) is 6.07 Å². The smallest absolute Gasteiger partial charge is 0.410 e. The number of carbonyl (C=O) groups excluding carboxylic acids is 1. The molecule has 16 heavy (non-hydrogen) atoms. The zero-order valence-electron chi connectivity index (χ0n) is 9.06. The number of ether oxygens (including phenoxy) is 1. The van der Waals surface area contributed by atoms with Crippen molar-refractivity contribution in [2.75, 3.05) is 13.2 Å². The number of aromatic nitrogens is 1. The van der Waals surface area contributed by atoms with Gasteiger partial charge in [-0.2, -0.15) is 0 Å². The molecule has 2 N–H and O–H groups in total. The zero-order valence-corrected chi connectivity index (χ0v) is 9.06. The lowest BCUT2D eigenvalue weighted by Crippen LogP contribution is -2.37. The van der Waals surface area contributed by atoms with E-state index in [9.17, 15) is 4.79 Å². The summed E-state index contributed by atoms with van der Waals surface area (Å²) in [6.07, 6.45) is 2.40. The lowest BCUT2D eigenvalue weighted by molar-refractivity contribution is 0.0700. The molecular weight excluding hydrogens is 206 g/mol. The second-order valence-electron chi connectivity index (χ2n) is 3.75. The van der Waals surface area contributed by atoms with Crippen LogP contribution < -0.4 is 5.73 Å². The van der Waals surface area contributed by atoms with Gasteiger partial charge in [-0.3, -0.25) is 4.98 Å². The molecule has 1 aliphatic rings. The van der Waals surface area contributed by atoms with Crippen molar-refractivity contribution in [1.29, 1.82) is 0 Å². The molecule has 0 radical (unpaired) electrons. The molecule has 0 aromatic carbocycles. The van der Waals surface area contributed by atoms with Gasteiger partial charge in [0.05, 0.1) is 18.8 Å². The first-order chi connectivity index (χ1) is 7.79. The van der Waals surface area contributed by atoms with Gasteiger partial charge in [0.1, 0.15) is 0 Å². The lowest BCUT2D eigenvalue weighted by atomic mass is 10.2. The fourth-order valence-corrected chi connectivity index (χ4v) is 1.63. The van der Waals surface area contributed by atoms with Gasteiger partial charge in [0, 0.05) is 19.3 Å². The van der Waals surface area contributed by atoms with Crippen LogP contribution in [0.15, 0.2) is 18.3 Å². The highest BCUT2D eigenvalue weighted by Crippen LogP contribution is 2.10. The van der Waals surface area contributed by atoms with Gasteiger partial charge < -0.3 is 15.4 Å². The minimum Gasteiger partial charge on any atom is -0.449 e. The van der Waals surface area contributed by atoms with Gasteiger partial charge in [0.25, 0.3) is 0 Å². The van der Waals surface area contributed by atoms with Gasteiger partial charge in [0.2, 0.25) is 0 Å². The van der Waals surface area contributed by atoms with Crippen LogP contribution in [0.5, 0.6) is 0 Å². The quantitative estimate of drug-likeness (QED) is 0.822. The van der Waals surface area contributed by atoms with Crippen molar-refractivity contribution in [1.82, 2.24) is 9.88 Å². The molecule has 2 heterocycles. The Morgan fingerprint density at radius 3 is 3.00 bits per heavy atom. The molecule has 1 aromatic heterocycles. The average Bonchev–Trinajstić information content (AvgIpc) is 2.33. The summed E-state index contributed by atoms with van der Waals surface area (Å²) in [5.74, 6) is 0. The standard InChI is InChI=1S/C11H15N3O2/c12-6-10-3-2-9(7-13-10)8-14-4-1-5-16-11(14)15/h2-3,7H,1,4-6,8,12H2. The summed E-state index contributed by atoms with van der Waals surface area (Å²) >= 11 is 0. The molecule has 5 nitrogen and oxygen atoms in total. The van der Waals surface area contributed by atoms with Crippen LogP contribution in [0.2, 0.25) is 0 Å². The summed E-state index contributed by atoms with van der Waals surface area (Å²) in [5, 5.41) is 0. The lowest BCUT2D eigenvalue weighted by Gasteiger charge is -2.26. The highest BCUT2D eigenvalue weighted by Gasteiger charge is 2.19. The van der Waals surface area contributed by atoms with E-state index in [0.717, 1.165) is 24.2 Å². The molecule has 86 valence electrons. The molecule has 2 rings (SSSR count). The Morgan fingerprint density at radius 2 is 2.38 bits per heavy atom. The van der Waals surface area contributed by atoms with Gasteiger partial charge in [0.15, 0.2) is 0 Å². The number of hydrogen-bond acceptors (Lipinski definition) is 4. The van der Waals surface area contributed by atoms with Crippen molar-refractivity contribution >= 4 is 6.09 Å². The van der Waals surface area contributed by atoms with Gasteiger partial charge in [-0.05, 0) is 18.1 Å². The Morgan fingerprint density at radius 1 is 1.50 bits per heavy atom. The fourth-order valence-electron chi connectivity index (χ4n) is 1.63. The molecular formula is C11H15N3O2. The summed E-state index contributed by atoms with van der Waals surface area (Å²) in [5.41, 5.74) is 7.31. The highest BCUT2D eigenvalue weighted by molar-refractivity contribution is 5.68. The summed E-state index contributed by atoms with van der Waals surface area (Å²) in [6, 6.07) is 3.82. The number of amides is 1. The van der Waals surface area contributed by atoms with E-state index < -0.39 is 0 Å². The van der Waals surface area contributed by atoms with Crippen molar-refractivity contribution in [3.63, 3.8) is 0 Å². The van der Waals surface area contributed by atoms with E-state index in [2.05, 4.69) is 4.98 Å². The van der Waals surface area contributed by atoms with E-state index >= 15 is 0 Å². The molecule has 0 unspecified atom stereocenters. The maximum absolute atomic E-state index is 11.4. The molecule has 0 bridgehead atoms. The minimum atomic E-state index is -0.242. The Kier molecular flexibility index (Phi) is 3.36. The summed E-state index contributed by atoms with van der Waals surface area (Å²) in [7, 11) is 0. The van der Waals surface area contributed by atoms with Gasteiger partial charge in [-0.25, -0.2) is 4.79 Å². The van der Waals surface area contributed by atoms with Crippen LogP contribution in [0.1, 0.15) is 17.7 Å². The molecule has 0 aliphatic carbocycles. The van der Waals surface area contributed by atoms with Crippen molar-refractivity contribution in [2.24, 2.45) is 5.73 Å². The number of nitrogens with zero attached hydrogens (tertiary/aromatic N) is 2. The molecule has 0 spiro atoms. The number of carbonyl (C=O) groups is 1. The van der Waals surface area contributed by atoms with Crippen LogP contribution >= 0.6 is 0 Å². The molecule has 1 amide bonds. The second kappa shape index (κ2) is 4.94. The van der Waals surface area contributed by atoms with Crippen molar-refractivity contribution in [3.05, 3.63) is 29.6 Å². The number of pyridine rings is 1. The number of hydrogen-bond donors (Lipinski definition) is 1. The largest absolute Gasteiger partial charge is 0.449 e. The SMILES string of the molecule is NCc1ccc(CN2CCCOC2=O)cn1. The average molecular weight is 221 g/mol. The maximum Gasteiger partial charge on any atom is 0.410 e. The number of cyclic esters (lactones) is 1. The first kappa shape index (κ1) is 10.9. The maximum atomic E-state index is 11.4. The second-order valence-corrected chi connectivity index (χ2v) is 3.75. The Bertz CT molecular complexity index is 364. The normalized spacial score (nSPS) is 16.1. The monoisotopic (exact) mass is 221 g/mol. The molecule has 0 atom stereocenters. The minimum absolute atomic E-state index is 0.242. The predicted molar refractivity (Wildman–Crippen MR) is 58.5 cm³/mol. The highest BCUT2D eigenvalue weighted by atomic mass is 16.6. The number of nitrogens with two attached hydrogens (primary N) is 1. The first-order valence-corrected chi connectivity index (χ1v) is 5.35. The van der Waals surface area contributed by atoms with E-state index in [1.165, 1.54) is 0 Å². The van der Waals surface area contributed by atoms with Crippen LogP contribution in [0.3, 0.4) is 0 Å². The third kappa shape index (κ3) is 2.49.